The van der Waals surface area contributed by atoms with E-state index < -0.39 is 50.6 Å². The molecule has 0 aliphatic heterocycles. The van der Waals surface area contributed by atoms with Crippen LogP contribution in [0, 0.1) is 17.3 Å². The lowest BCUT2D eigenvalue weighted by molar-refractivity contribution is -0.269. The van der Waals surface area contributed by atoms with E-state index in [0.29, 0.717) is 19.3 Å². The van der Waals surface area contributed by atoms with Crippen molar-refractivity contribution < 1.29 is 54.0 Å². The Morgan fingerprint density at radius 3 is 2.03 bits per heavy atom. The molecule has 4 aliphatic rings. The predicted octanol–water partition coefficient (Wildman–Crippen LogP) is 5.82. The standard InChI is InChI=1S/C26H31F5O7S/c1-4-22(2,3)18-7-5-17(6-8-18)19(32)38-24-12-15-9-16(13-24)11-23(10-15,14-24)21(33)37-20(25(27,28)29)26(30,31)39(34,35)36/h5-8,15-16,20H,4,9-14H2,1-3H3,(H,34,35,36). The Balaban J connectivity index is 1.58. The second-order valence-electron chi connectivity index (χ2n) is 12.0. The number of esters is 2. The number of hydrogen-bond donors (Lipinski definition) is 1. The first-order valence-corrected chi connectivity index (χ1v) is 14.1. The maximum absolute atomic E-state index is 14.1. The summed E-state index contributed by atoms with van der Waals surface area (Å²) in [6, 6.07) is 6.85. The molecule has 4 bridgehead atoms. The molecule has 7 nitrogen and oxygen atoms in total. The molecule has 1 N–H and O–H groups in total. The topological polar surface area (TPSA) is 107 Å². The Morgan fingerprint density at radius 2 is 1.56 bits per heavy atom. The molecule has 0 aromatic heterocycles. The average Bonchev–Trinajstić information content (AvgIpc) is 2.79. The number of ether oxygens (including phenoxy) is 2. The third-order valence-corrected chi connectivity index (χ3v) is 9.61. The summed E-state index contributed by atoms with van der Waals surface area (Å²) < 4.78 is 109. The van der Waals surface area contributed by atoms with E-state index >= 15 is 0 Å². The van der Waals surface area contributed by atoms with Gasteiger partial charge in [0.15, 0.2) is 0 Å². The summed E-state index contributed by atoms with van der Waals surface area (Å²) in [7, 11) is -6.56. The zero-order valence-electron chi connectivity index (χ0n) is 21.7. The highest BCUT2D eigenvalue weighted by Crippen LogP contribution is 2.63. The van der Waals surface area contributed by atoms with Crippen LogP contribution < -0.4 is 0 Å². The van der Waals surface area contributed by atoms with E-state index in [1.54, 1.807) is 12.1 Å². The molecule has 1 aromatic carbocycles. The smallest absolute Gasteiger partial charge is 0.432 e. The summed E-state index contributed by atoms with van der Waals surface area (Å²) in [5, 5.41) is -5.81. The third-order valence-electron chi connectivity index (χ3n) is 8.71. The van der Waals surface area contributed by atoms with Gasteiger partial charge in [-0.2, -0.15) is 30.4 Å². The van der Waals surface area contributed by atoms with Crippen molar-refractivity contribution in [2.24, 2.45) is 17.3 Å². The molecule has 0 amide bonds. The average molecular weight is 583 g/mol. The van der Waals surface area contributed by atoms with E-state index in [-0.39, 0.29) is 42.1 Å². The van der Waals surface area contributed by atoms with Crippen LogP contribution in [0.3, 0.4) is 0 Å². The molecule has 3 unspecified atom stereocenters. The fourth-order valence-electron chi connectivity index (χ4n) is 6.75. The van der Waals surface area contributed by atoms with Gasteiger partial charge in [0.05, 0.1) is 11.0 Å². The Hall–Kier alpha value is -2.28. The fourth-order valence-corrected chi connectivity index (χ4v) is 7.20. The molecule has 0 radical (unpaired) electrons. The van der Waals surface area contributed by atoms with Crippen LogP contribution in [-0.2, 0) is 29.8 Å². The van der Waals surface area contributed by atoms with Gasteiger partial charge in [0.1, 0.15) is 5.60 Å². The van der Waals surface area contributed by atoms with Gasteiger partial charge in [-0.1, -0.05) is 32.9 Å². The lowest BCUT2D eigenvalue weighted by atomic mass is 9.48. The second-order valence-corrected chi connectivity index (χ2v) is 13.5. The zero-order valence-corrected chi connectivity index (χ0v) is 22.5. The fraction of sp³-hybridized carbons (Fsp3) is 0.692. The minimum Gasteiger partial charge on any atom is -0.455 e. The van der Waals surface area contributed by atoms with E-state index in [4.69, 9.17) is 9.29 Å². The van der Waals surface area contributed by atoms with E-state index in [1.807, 2.05) is 19.1 Å². The second kappa shape index (κ2) is 9.39. The maximum atomic E-state index is 14.1. The van der Waals surface area contributed by atoms with Crippen molar-refractivity contribution in [3.8, 4) is 0 Å². The van der Waals surface area contributed by atoms with Crippen LogP contribution in [0.4, 0.5) is 22.0 Å². The van der Waals surface area contributed by atoms with Crippen LogP contribution in [0.15, 0.2) is 24.3 Å². The summed E-state index contributed by atoms with van der Waals surface area (Å²) in [6.07, 6.45) is -8.35. The molecular formula is C26H31F5O7S. The van der Waals surface area contributed by atoms with Gasteiger partial charge in [0.2, 0.25) is 0 Å². The van der Waals surface area contributed by atoms with Crippen molar-refractivity contribution in [3.63, 3.8) is 0 Å². The maximum Gasteiger partial charge on any atom is 0.432 e. The zero-order chi connectivity index (χ0) is 29.2. The van der Waals surface area contributed by atoms with E-state index in [0.717, 1.165) is 12.0 Å². The summed E-state index contributed by atoms with van der Waals surface area (Å²) in [5.41, 5.74) is -1.73. The molecule has 0 spiro atoms. The van der Waals surface area contributed by atoms with Gasteiger partial charge in [-0.05, 0) is 73.5 Å². The number of carbonyl (C=O) groups excluding carboxylic acids is 2. The summed E-state index contributed by atoms with van der Waals surface area (Å²) in [4.78, 5) is 26.2. The number of alkyl halides is 5. The molecule has 4 fully saturated rings. The molecule has 0 saturated heterocycles. The van der Waals surface area contributed by atoms with Crippen molar-refractivity contribution >= 4 is 22.1 Å². The van der Waals surface area contributed by atoms with E-state index in [9.17, 15) is 40.0 Å². The number of hydrogen-bond acceptors (Lipinski definition) is 6. The molecule has 4 saturated carbocycles. The van der Waals surface area contributed by atoms with Crippen molar-refractivity contribution in [1.29, 1.82) is 0 Å². The normalized spacial score (nSPS) is 29.7. The third kappa shape index (κ3) is 5.40. The monoisotopic (exact) mass is 582 g/mol. The highest BCUT2D eigenvalue weighted by atomic mass is 32.2. The van der Waals surface area contributed by atoms with Gasteiger partial charge in [-0.25, -0.2) is 4.79 Å². The Morgan fingerprint density at radius 1 is 1.03 bits per heavy atom. The molecule has 39 heavy (non-hydrogen) atoms. The van der Waals surface area contributed by atoms with Crippen LogP contribution in [0.5, 0.6) is 0 Å². The molecule has 4 aliphatic carbocycles. The highest BCUT2D eigenvalue weighted by Gasteiger charge is 2.69. The van der Waals surface area contributed by atoms with Crippen molar-refractivity contribution in [3.05, 3.63) is 35.4 Å². The molecule has 5 rings (SSSR count). The van der Waals surface area contributed by atoms with Gasteiger partial charge < -0.3 is 9.47 Å². The summed E-state index contributed by atoms with van der Waals surface area (Å²) >= 11 is 0. The first-order chi connectivity index (χ1) is 17.7. The first-order valence-electron chi connectivity index (χ1n) is 12.7. The minimum absolute atomic E-state index is 0.0322. The SMILES string of the molecule is CCC(C)(C)c1ccc(C(=O)OC23CC4CC(C2)CC(C(=O)OC(C(F)(F)F)C(F)(F)S(=O)(=O)O)(C4)C3)cc1. The van der Waals surface area contributed by atoms with Crippen LogP contribution in [0.25, 0.3) is 0 Å². The Kier molecular flexibility index (Phi) is 7.15. The molecule has 3 atom stereocenters. The Bertz CT molecular complexity index is 1230. The summed E-state index contributed by atoms with van der Waals surface area (Å²) in [6.45, 7) is 6.16. The van der Waals surface area contributed by atoms with E-state index in [1.165, 1.54) is 0 Å². The van der Waals surface area contributed by atoms with Crippen LogP contribution in [-0.4, -0.2) is 48.0 Å². The van der Waals surface area contributed by atoms with Crippen molar-refractivity contribution in [2.75, 3.05) is 0 Å². The number of rotatable bonds is 8. The number of carbonyl (C=O) groups is 2. The summed E-state index contributed by atoms with van der Waals surface area (Å²) in [5.74, 6) is -2.78. The van der Waals surface area contributed by atoms with Gasteiger partial charge in [-0.15, -0.1) is 0 Å². The lowest BCUT2D eigenvalue weighted by Gasteiger charge is -2.59. The lowest BCUT2D eigenvalue weighted by Crippen LogP contribution is -2.61. The van der Waals surface area contributed by atoms with Gasteiger partial charge in [0.25, 0.3) is 6.10 Å². The predicted molar refractivity (Wildman–Crippen MR) is 127 cm³/mol. The molecule has 0 heterocycles. The van der Waals surface area contributed by atoms with Gasteiger partial charge in [0, 0.05) is 6.42 Å². The highest BCUT2D eigenvalue weighted by molar-refractivity contribution is 7.86. The minimum atomic E-state index is -6.56. The molecule has 218 valence electrons. The molecule has 1 aromatic rings. The van der Waals surface area contributed by atoms with Crippen LogP contribution in [0.1, 0.15) is 81.6 Å². The van der Waals surface area contributed by atoms with Gasteiger partial charge >= 0.3 is 33.5 Å². The molecule has 13 heteroatoms. The van der Waals surface area contributed by atoms with Crippen molar-refractivity contribution in [1.82, 2.24) is 0 Å². The molecular weight excluding hydrogens is 551 g/mol. The van der Waals surface area contributed by atoms with Crippen molar-refractivity contribution in [2.45, 2.75) is 94.3 Å². The van der Waals surface area contributed by atoms with Crippen LogP contribution in [0.2, 0.25) is 0 Å². The first kappa shape index (κ1) is 29.7. The Labute approximate surface area is 223 Å². The quantitative estimate of drug-likeness (QED) is 0.234. The van der Waals surface area contributed by atoms with Crippen LogP contribution >= 0.6 is 0 Å². The number of benzene rings is 1. The van der Waals surface area contributed by atoms with Gasteiger partial charge in [-0.3, -0.25) is 9.35 Å². The number of halogens is 5. The van der Waals surface area contributed by atoms with E-state index in [2.05, 4.69) is 18.6 Å². The largest absolute Gasteiger partial charge is 0.455 e.